The molecule has 0 spiro atoms. The van der Waals surface area contributed by atoms with E-state index in [1.807, 2.05) is 6.92 Å². The highest BCUT2D eigenvalue weighted by molar-refractivity contribution is 6.31. The number of aromatic carboxylic acids is 1. The van der Waals surface area contributed by atoms with Gasteiger partial charge in [-0.15, -0.1) is 0 Å². The fourth-order valence-electron chi connectivity index (χ4n) is 2.85. The molecule has 8 heteroatoms. The Bertz CT molecular complexity index is 1100. The van der Waals surface area contributed by atoms with Gasteiger partial charge in [-0.1, -0.05) is 29.8 Å². The third-order valence-electron chi connectivity index (χ3n) is 4.38. The quantitative estimate of drug-likeness (QED) is 0.657. The molecule has 0 unspecified atom stereocenters. The van der Waals surface area contributed by atoms with E-state index in [1.165, 1.54) is 0 Å². The lowest BCUT2D eigenvalue weighted by molar-refractivity contribution is 0.0686. The molecule has 0 aliphatic heterocycles. The normalized spacial score (nSPS) is 10.7. The van der Waals surface area contributed by atoms with Crippen molar-refractivity contribution in [1.82, 2.24) is 14.8 Å². The van der Waals surface area contributed by atoms with Crippen LogP contribution in [0.25, 0.3) is 0 Å². The van der Waals surface area contributed by atoms with Gasteiger partial charge in [0.1, 0.15) is 5.69 Å². The molecule has 3 aromatic rings. The van der Waals surface area contributed by atoms with Crippen LogP contribution in [0.3, 0.4) is 0 Å². The largest absolute Gasteiger partial charge is 0.476 e. The summed E-state index contributed by atoms with van der Waals surface area (Å²) in [5.41, 5.74) is 2.03. The zero-order chi connectivity index (χ0) is 20.3. The Morgan fingerprint density at radius 1 is 1.29 bits per heavy atom. The summed E-state index contributed by atoms with van der Waals surface area (Å²) in [6, 6.07) is 8.90. The monoisotopic (exact) mass is 398 g/mol. The van der Waals surface area contributed by atoms with E-state index in [0.29, 0.717) is 16.3 Å². The maximum atomic E-state index is 13.0. The summed E-state index contributed by atoms with van der Waals surface area (Å²) >= 11 is 6.26. The van der Waals surface area contributed by atoms with Crippen molar-refractivity contribution in [3.05, 3.63) is 80.5 Å². The Balaban J connectivity index is 2.23. The number of pyridine rings is 1. The Hall–Kier alpha value is -3.19. The van der Waals surface area contributed by atoms with Crippen molar-refractivity contribution in [2.45, 2.75) is 26.8 Å². The van der Waals surface area contributed by atoms with Crippen molar-refractivity contribution in [3.8, 4) is 0 Å². The first-order valence-corrected chi connectivity index (χ1v) is 9.08. The van der Waals surface area contributed by atoms with Gasteiger partial charge < -0.3 is 10.4 Å². The maximum Gasteiger partial charge on any atom is 0.356 e. The van der Waals surface area contributed by atoms with E-state index in [0.717, 1.165) is 10.2 Å². The second-order valence-corrected chi connectivity index (χ2v) is 6.62. The highest BCUT2D eigenvalue weighted by atomic mass is 35.5. The number of hydrogen-bond acceptors (Lipinski definition) is 5. The molecular formula is C20H19ClN4O3. The van der Waals surface area contributed by atoms with Crippen LogP contribution < -0.4 is 10.9 Å². The van der Waals surface area contributed by atoms with Crippen LogP contribution in [0.5, 0.6) is 0 Å². The second kappa shape index (κ2) is 8.22. The lowest BCUT2D eigenvalue weighted by atomic mass is 10.0. The lowest BCUT2D eigenvalue weighted by Crippen LogP contribution is -2.29. The third-order valence-corrected chi connectivity index (χ3v) is 4.75. The molecule has 0 radical (unpaired) electrons. The van der Waals surface area contributed by atoms with Crippen LogP contribution in [0.15, 0.2) is 47.5 Å². The molecule has 0 fully saturated rings. The molecule has 2 aromatic heterocycles. The summed E-state index contributed by atoms with van der Waals surface area (Å²) in [5, 5.41) is 17.3. The molecule has 28 heavy (non-hydrogen) atoms. The highest BCUT2D eigenvalue weighted by Crippen LogP contribution is 2.26. The fraction of sp³-hybridized carbons (Fsp3) is 0.200. The molecule has 0 saturated carbocycles. The SMILES string of the molecule is CCn1nc(C(=O)O)c(Cc2ccccc2Cl)c(Nc2cnccc2C)c1=O. The van der Waals surface area contributed by atoms with E-state index in [1.54, 1.807) is 49.6 Å². The van der Waals surface area contributed by atoms with Crippen LogP contribution in [0.1, 0.15) is 34.1 Å². The van der Waals surface area contributed by atoms with Gasteiger partial charge in [-0.05, 0) is 37.1 Å². The summed E-state index contributed by atoms with van der Waals surface area (Å²) < 4.78 is 1.13. The number of carboxylic acids is 1. The van der Waals surface area contributed by atoms with E-state index in [-0.39, 0.29) is 29.9 Å². The smallest absolute Gasteiger partial charge is 0.356 e. The predicted octanol–water partition coefficient (Wildman–Crippen LogP) is 3.65. The zero-order valence-electron chi connectivity index (χ0n) is 15.4. The number of nitrogens with one attached hydrogen (secondary N) is 1. The van der Waals surface area contributed by atoms with E-state index in [4.69, 9.17) is 11.6 Å². The predicted molar refractivity (Wildman–Crippen MR) is 108 cm³/mol. The number of nitrogens with zero attached hydrogens (tertiary/aromatic N) is 3. The minimum Gasteiger partial charge on any atom is -0.476 e. The van der Waals surface area contributed by atoms with Gasteiger partial charge in [-0.2, -0.15) is 5.10 Å². The summed E-state index contributed by atoms with van der Waals surface area (Å²) in [7, 11) is 0. The molecule has 0 atom stereocenters. The number of carboxylic acid groups (broad SMARTS) is 1. The van der Waals surface area contributed by atoms with Crippen LogP contribution in [0.2, 0.25) is 5.02 Å². The van der Waals surface area contributed by atoms with E-state index in [9.17, 15) is 14.7 Å². The molecule has 0 aliphatic rings. The molecule has 0 aliphatic carbocycles. The van der Waals surface area contributed by atoms with Crippen molar-refractivity contribution >= 4 is 28.9 Å². The Labute approximate surface area is 166 Å². The Morgan fingerprint density at radius 3 is 2.68 bits per heavy atom. The maximum absolute atomic E-state index is 13.0. The third kappa shape index (κ3) is 3.89. The summed E-state index contributed by atoms with van der Waals surface area (Å²) in [6.07, 6.45) is 3.38. The van der Waals surface area contributed by atoms with Crippen LogP contribution >= 0.6 is 11.6 Å². The minimum atomic E-state index is -1.21. The number of benzene rings is 1. The lowest BCUT2D eigenvalue weighted by Gasteiger charge is -2.17. The number of halogens is 1. The molecule has 144 valence electrons. The number of carbonyl (C=O) groups is 1. The van der Waals surface area contributed by atoms with E-state index >= 15 is 0 Å². The molecule has 0 bridgehead atoms. The molecule has 2 heterocycles. The highest BCUT2D eigenvalue weighted by Gasteiger charge is 2.23. The van der Waals surface area contributed by atoms with Crippen LogP contribution in [0.4, 0.5) is 11.4 Å². The van der Waals surface area contributed by atoms with Crippen molar-refractivity contribution in [3.63, 3.8) is 0 Å². The van der Waals surface area contributed by atoms with Gasteiger partial charge >= 0.3 is 5.97 Å². The summed E-state index contributed by atoms with van der Waals surface area (Å²) in [5.74, 6) is -1.21. The minimum absolute atomic E-state index is 0.149. The molecular weight excluding hydrogens is 380 g/mol. The number of hydrogen-bond donors (Lipinski definition) is 2. The summed E-state index contributed by atoms with van der Waals surface area (Å²) in [6.45, 7) is 3.84. The second-order valence-electron chi connectivity index (χ2n) is 6.21. The number of aryl methyl sites for hydroxylation is 2. The van der Waals surface area contributed by atoms with Crippen molar-refractivity contribution < 1.29 is 9.90 Å². The molecule has 7 nitrogen and oxygen atoms in total. The fourth-order valence-corrected chi connectivity index (χ4v) is 3.05. The molecule has 0 saturated heterocycles. The van der Waals surface area contributed by atoms with Gasteiger partial charge in [0.15, 0.2) is 5.69 Å². The topological polar surface area (TPSA) is 97.1 Å². The first-order chi connectivity index (χ1) is 13.4. The molecule has 3 rings (SSSR count). The average molecular weight is 399 g/mol. The molecule has 2 N–H and O–H groups in total. The Morgan fingerprint density at radius 2 is 2.04 bits per heavy atom. The zero-order valence-corrected chi connectivity index (χ0v) is 16.2. The van der Waals surface area contributed by atoms with E-state index in [2.05, 4.69) is 15.4 Å². The van der Waals surface area contributed by atoms with Crippen LogP contribution in [-0.4, -0.2) is 25.8 Å². The van der Waals surface area contributed by atoms with Crippen molar-refractivity contribution in [2.24, 2.45) is 0 Å². The van der Waals surface area contributed by atoms with Gasteiger partial charge in [0.2, 0.25) is 0 Å². The van der Waals surface area contributed by atoms with Gasteiger partial charge in [0.05, 0.1) is 11.9 Å². The van der Waals surface area contributed by atoms with Crippen LogP contribution in [-0.2, 0) is 13.0 Å². The van der Waals surface area contributed by atoms with Crippen LogP contribution in [0, 0.1) is 6.92 Å². The number of aromatic nitrogens is 3. The molecule has 1 aromatic carbocycles. The van der Waals surface area contributed by atoms with Crippen molar-refractivity contribution in [2.75, 3.05) is 5.32 Å². The summed E-state index contributed by atoms with van der Waals surface area (Å²) in [4.78, 5) is 28.9. The van der Waals surface area contributed by atoms with Gasteiger partial charge in [0.25, 0.3) is 5.56 Å². The number of anilines is 2. The van der Waals surface area contributed by atoms with Gasteiger partial charge in [0, 0.05) is 29.7 Å². The Kier molecular flexibility index (Phi) is 5.75. The van der Waals surface area contributed by atoms with Gasteiger partial charge in [-0.3, -0.25) is 9.78 Å². The standard InChI is InChI=1S/C20H19ClN4O3/c1-3-25-19(26)17(23-16-11-22-9-8-12(16)2)14(18(24-25)20(27)28)10-13-6-4-5-7-15(13)21/h4-9,11,23H,3,10H2,1-2H3,(H,27,28). The van der Waals surface area contributed by atoms with Gasteiger partial charge in [-0.25, -0.2) is 9.48 Å². The number of rotatable bonds is 6. The van der Waals surface area contributed by atoms with Crippen molar-refractivity contribution in [1.29, 1.82) is 0 Å². The van der Waals surface area contributed by atoms with E-state index < -0.39 is 11.5 Å². The first kappa shape index (κ1) is 19.6. The average Bonchev–Trinajstić information content (AvgIpc) is 2.67. The first-order valence-electron chi connectivity index (χ1n) is 8.70. The molecule has 0 amide bonds.